The van der Waals surface area contributed by atoms with E-state index in [0.29, 0.717) is 0 Å². The van der Waals surface area contributed by atoms with Gasteiger partial charge in [0.1, 0.15) is 0 Å². The van der Waals surface area contributed by atoms with Gasteiger partial charge in [-0.2, -0.15) is 25.3 Å². The van der Waals surface area contributed by atoms with Crippen LogP contribution in [0.15, 0.2) is 0 Å². The molecule has 0 fully saturated rings. The highest BCUT2D eigenvalue weighted by atomic mass is 32.1. The van der Waals surface area contributed by atoms with Crippen molar-refractivity contribution >= 4 is 42.5 Å². The Hall–Kier alpha value is 0.590. The number of hydrogen-bond acceptors (Lipinski definition) is 3. The molecule has 1 N–H and O–H groups in total. The smallest absolute Gasteiger partial charge is 0.166 e. The fourth-order valence-corrected chi connectivity index (χ4v) is 0. The van der Waals surface area contributed by atoms with E-state index in [9.17, 15) is 0 Å². The Morgan fingerprint density at radius 2 is 1.86 bits per heavy atom. The summed E-state index contributed by atoms with van der Waals surface area (Å²) in [5, 5.41) is 7.97. The lowest BCUT2D eigenvalue weighted by molar-refractivity contribution is 0.566. The SMILES string of the molecule is CS.OC(=S)CS. The van der Waals surface area contributed by atoms with Crippen molar-refractivity contribution in [2.45, 2.75) is 0 Å². The van der Waals surface area contributed by atoms with E-state index in [1.54, 1.807) is 6.26 Å². The lowest BCUT2D eigenvalue weighted by atomic mass is 10.9. The first-order valence-electron chi connectivity index (χ1n) is 1.54. The van der Waals surface area contributed by atoms with Crippen LogP contribution < -0.4 is 0 Å². The van der Waals surface area contributed by atoms with Gasteiger partial charge in [-0.05, 0) is 18.5 Å². The van der Waals surface area contributed by atoms with Gasteiger partial charge in [0.05, 0.1) is 5.75 Å². The van der Waals surface area contributed by atoms with E-state index in [4.69, 9.17) is 5.11 Å². The minimum Gasteiger partial charge on any atom is -0.501 e. The average Bonchev–Trinajstić information content (AvgIpc) is 1.73. The summed E-state index contributed by atoms with van der Waals surface area (Å²) in [4.78, 5) is 0. The number of rotatable bonds is 1. The first-order valence-corrected chi connectivity index (χ1v) is 3.48. The molecule has 0 aliphatic heterocycles. The molecule has 0 aromatic carbocycles. The van der Waals surface area contributed by atoms with Gasteiger partial charge in [0.25, 0.3) is 0 Å². The summed E-state index contributed by atoms with van der Waals surface area (Å²) in [6, 6.07) is 0. The first kappa shape index (κ1) is 10.5. The molecule has 0 spiro atoms. The lowest BCUT2D eigenvalue weighted by Crippen LogP contribution is -1.88. The fraction of sp³-hybridized carbons (Fsp3) is 0.667. The zero-order chi connectivity index (χ0) is 6.28. The Balaban J connectivity index is 0. The number of aliphatic hydroxyl groups excluding tert-OH is 1. The molecule has 1 nitrogen and oxygen atoms in total. The highest BCUT2D eigenvalue weighted by Crippen LogP contribution is 1.72. The summed E-state index contributed by atoms with van der Waals surface area (Å²) in [5.41, 5.74) is 0. The second-order valence-electron chi connectivity index (χ2n) is 0.552. The highest BCUT2D eigenvalue weighted by molar-refractivity contribution is 7.85. The second-order valence-corrected chi connectivity index (χ2v) is 1.34. The molecule has 0 radical (unpaired) electrons. The third kappa shape index (κ3) is 20.7. The van der Waals surface area contributed by atoms with E-state index in [0.717, 1.165) is 0 Å². The molecule has 0 aromatic rings. The molecule has 0 aromatic heterocycles. The van der Waals surface area contributed by atoms with Crippen LogP contribution in [0.4, 0.5) is 0 Å². The highest BCUT2D eigenvalue weighted by Gasteiger charge is 1.75. The Morgan fingerprint density at radius 1 is 1.71 bits per heavy atom. The van der Waals surface area contributed by atoms with E-state index >= 15 is 0 Å². The maximum Gasteiger partial charge on any atom is 0.166 e. The molecule has 0 aliphatic carbocycles. The van der Waals surface area contributed by atoms with Crippen molar-refractivity contribution in [3.05, 3.63) is 0 Å². The van der Waals surface area contributed by atoms with Crippen LogP contribution in [0.1, 0.15) is 0 Å². The molecule has 7 heavy (non-hydrogen) atoms. The largest absolute Gasteiger partial charge is 0.501 e. The van der Waals surface area contributed by atoms with Crippen molar-refractivity contribution in [1.29, 1.82) is 0 Å². The minimum absolute atomic E-state index is 0.0478. The number of thiocarbonyl (C=S) groups is 1. The molecule has 44 valence electrons. The summed E-state index contributed by atoms with van der Waals surface area (Å²) in [7, 11) is 0. The molecule has 0 amide bonds. The minimum atomic E-state index is -0.0478. The predicted octanol–water partition coefficient (Wildman–Crippen LogP) is 1.35. The van der Waals surface area contributed by atoms with Gasteiger partial charge in [-0.1, -0.05) is 0 Å². The van der Waals surface area contributed by atoms with Crippen LogP contribution in [0.25, 0.3) is 0 Å². The van der Waals surface area contributed by atoms with Crippen LogP contribution in [-0.2, 0) is 0 Å². The van der Waals surface area contributed by atoms with Crippen molar-refractivity contribution in [3.8, 4) is 0 Å². The summed E-state index contributed by atoms with van der Waals surface area (Å²) < 4.78 is 0. The molecular formula is C3H8OS3. The van der Waals surface area contributed by atoms with Crippen LogP contribution >= 0.6 is 37.5 Å². The van der Waals surface area contributed by atoms with Gasteiger partial charge in [-0.25, -0.2) is 0 Å². The van der Waals surface area contributed by atoms with Gasteiger partial charge >= 0.3 is 0 Å². The van der Waals surface area contributed by atoms with E-state index in [-0.39, 0.29) is 10.8 Å². The molecule has 0 unspecified atom stereocenters. The van der Waals surface area contributed by atoms with E-state index < -0.39 is 0 Å². The molecule has 0 bridgehead atoms. The van der Waals surface area contributed by atoms with Crippen LogP contribution in [-0.4, -0.2) is 22.2 Å². The quantitative estimate of drug-likeness (QED) is 0.393. The number of aliphatic hydroxyl groups is 1. The summed E-state index contributed by atoms with van der Waals surface area (Å²) in [6.45, 7) is 0. The van der Waals surface area contributed by atoms with Crippen molar-refractivity contribution in [2.75, 3.05) is 12.0 Å². The van der Waals surface area contributed by atoms with E-state index in [1.165, 1.54) is 0 Å². The van der Waals surface area contributed by atoms with Gasteiger partial charge < -0.3 is 5.11 Å². The van der Waals surface area contributed by atoms with Gasteiger partial charge in [0, 0.05) is 0 Å². The Bertz CT molecular complexity index is 45.4. The van der Waals surface area contributed by atoms with Crippen molar-refractivity contribution in [1.82, 2.24) is 0 Å². The summed E-state index contributed by atoms with van der Waals surface area (Å²) in [5.74, 6) is 0.287. The Morgan fingerprint density at radius 3 is 1.86 bits per heavy atom. The first-order chi connectivity index (χ1) is 3.27. The summed E-state index contributed by atoms with van der Waals surface area (Å²) in [6.07, 6.45) is 1.69. The molecule has 0 saturated carbocycles. The van der Waals surface area contributed by atoms with Crippen molar-refractivity contribution in [2.24, 2.45) is 0 Å². The van der Waals surface area contributed by atoms with E-state index in [2.05, 4.69) is 37.5 Å². The van der Waals surface area contributed by atoms with Gasteiger partial charge in [0.2, 0.25) is 0 Å². The molecule has 0 rings (SSSR count). The van der Waals surface area contributed by atoms with Crippen LogP contribution in [0.2, 0.25) is 0 Å². The van der Waals surface area contributed by atoms with Gasteiger partial charge in [-0.3, -0.25) is 0 Å². The molecular weight excluding hydrogens is 148 g/mol. The number of hydrogen-bond donors (Lipinski definition) is 3. The standard InChI is InChI=1S/C2H4OS2.CH4S/c3-2(5)1-4;1-2/h4H,1H2,(H,3,5);2H,1H3. The molecule has 0 heterocycles. The normalized spacial score (nSPS) is 6.14. The van der Waals surface area contributed by atoms with Crippen LogP contribution in [0.3, 0.4) is 0 Å². The zero-order valence-corrected chi connectivity index (χ0v) is 6.56. The fourth-order valence-electron chi connectivity index (χ4n) is 0. The van der Waals surface area contributed by atoms with Crippen LogP contribution in [0.5, 0.6) is 0 Å². The maximum atomic E-state index is 8.02. The monoisotopic (exact) mass is 156 g/mol. The molecule has 4 heteroatoms. The molecule has 0 saturated heterocycles. The van der Waals surface area contributed by atoms with Crippen molar-refractivity contribution < 1.29 is 5.11 Å². The van der Waals surface area contributed by atoms with Gasteiger partial charge in [0.15, 0.2) is 5.05 Å². The van der Waals surface area contributed by atoms with Gasteiger partial charge in [-0.15, -0.1) is 0 Å². The maximum absolute atomic E-state index is 8.02. The third-order valence-corrected chi connectivity index (χ3v) is 0.793. The topological polar surface area (TPSA) is 20.2 Å². The third-order valence-electron chi connectivity index (χ3n) is 0.135. The lowest BCUT2D eigenvalue weighted by Gasteiger charge is -1.76. The zero-order valence-electron chi connectivity index (χ0n) is 3.96. The molecule has 0 atom stereocenters. The number of thiol groups is 2. The predicted molar refractivity (Wildman–Crippen MR) is 44.0 cm³/mol. The summed E-state index contributed by atoms with van der Waals surface area (Å²) >= 11 is 11.3. The van der Waals surface area contributed by atoms with Crippen molar-refractivity contribution in [3.63, 3.8) is 0 Å². The molecule has 0 aliphatic rings. The van der Waals surface area contributed by atoms with Crippen LogP contribution in [0, 0.1) is 0 Å². The average molecular weight is 156 g/mol. The Labute approximate surface area is 59.9 Å². The second kappa shape index (κ2) is 9.77. The van der Waals surface area contributed by atoms with E-state index in [1.807, 2.05) is 0 Å². The Kier molecular flexibility index (Phi) is 14.7.